The fourth-order valence-corrected chi connectivity index (χ4v) is 5.04. The number of halogens is 7. The van der Waals surface area contributed by atoms with Gasteiger partial charge in [0.2, 0.25) is 18.0 Å². The molecule has 39 heavy (non-hydrogen) atoms. The van der Waals surface area contributed by atoms with E-state index in [-0.39, 0.29) is 5.71 Å². The van der Waals surface area contributed by atoms with Crippen LogP contribution < -0.4 is 5.32 Å². The highest BCUT2D eigenvalue weighted by atomic mass is 35.5. The van der Waals surface area contributed by atoms with Gasteiger partial charge in [-0.2, -0.15) is 26.3 Å². The van der Waals surface area contributed by atoms with Gasteiger partial charge in [-0.25, -0.2) is 9.89 Å². The Morgan fingerprint density at radius 3 is 2.00 bits per heavy atom. The van der Waals surface area contributed by atoms with E-state index >= 15 is 0 Å². The fraction of sp³-hybridized carbons (Fsp3) is 0.385. The summed E-state index contributed by atoms with van der Waals surface area (Å²) in [7, 11) is 0. The molecule has 3 atom stereocenters. The fourth-order valence-electron chi connectivity index (χ4n) is 4.85. The number of hydrogen-bond acceptors (Lipinski definition) is 4. The van der Waals surface area contributed by atoms with Gasteiger partial charge in [0.05, 0.1) is 23.2 Å². The van der Waals surface area contributed by atoms with Crippen molar-refractivity contribution in [3.63, 3.8) is 0 Å². The van der Waals surface area contributed by atoms with Crippen molar-refractivity contribution in [1.82, 2.24) is 4.90 Å². The van der Waals surface area contributed by atoms with Crippen LogP contribution in [-0.2, 0) is 14.4 Å². The number of likely N-dealkylation sites (tertiary alicyclic amines) is 1. The number of rotatable bonds is 6. The number of benzodiazepines with no additional fused rings is 1. The number of nitrogens with one attached hydrogen (secondary N) is 1. The number of imide groups is 1. The minimum absolute atomic E-state index is 0.158. The number of carbonyl (C=O) groups excluding carboxylic acids is 3. The Labute approximate surface area is 224 Å². The summed E-state index contributed by atoms with van der Waals surface area (Å²) in [5.74, 6) is -6.66. The lowest BCUT2D eigenvalue weighted by molar-refractivity contribution is -0.147. The van der Waals surface area contributed by atoms with Gasteiger partial charge >= 0.3 is 12.4 Å². The Bertz CT molecular complexity index is 1300. The van der Waals surface area contributed by atoms with Crippen LogP contribution in [0.3, 0.4) is 0 Å². The second-order valence-corrected chi connectivity index (χ2v) is 9.85. The van der Waals surface area contributed by atoms with Gasteiger partial charge in [-0.05, 0) is 37.5 Å². The first-order chi connectivity index (χ1) is 18.2. The van der Waals surface area contributed by atoms with Crippen LogP contribution in [0.2, 0.25) is 5.02 Å². The van der Waals surface area contributed by atoms with E-state index in [0.29, 0.717) is 32.3 Å². The van der Waals surface area contributed by atoms with Crippen LogP contribution in [0, 0.1) is 18.8 Å². The molecule has 0 radical (unpaired) electrons. The van der Waals surface area contributed by atoms with Crippen LogP contribution in [0.5, 0.6) is 0 Å². The van der Waals surface area contributed by atoms with Gasteiger partial charge < -0.3 is 5.32 Å². The summed E-state index contributed by atoms with van der Waals surface area (Å²) in [6.07, 6.45) is -16.0. The number of alkyl halides is 6. The highest BCUT2D eigenvalue weighted by molar-refractivity contribution is 6.31. The minimum atomic E-state index is -4.71. The van der Waals surface area contributed by atoms with Crippen LogP contribution in [0.4, 0.5) is 32.0 Å². The molecule has 0 spiro atoms. The number of hydrogen-bond donors (Lipinski definition) is 1. The second-order valence-electron chi connectivity index (χ2n) is 9.42. The number of para-hydroxylation sites is 1. The normalized spacial score (nSPS) is 21.9. The lowest BCUT2D eigenvalue weighted by Gasteiger charge is -2.22. The summed E-state index contributed by atoms with van der Waals surface area (Å²) in [5, 5.41) is 2.94. The summed E-state index contributed by atoms with van der Waals surface area (Å²) in [4.78, 5) is 44.9. The first kappa shape index (κ1) is 28.6. The van der Waals surface area contributed by atoms with Crippen molar-refractivity contribution in [2.75, 3.05) is 5.32 Å². The van der Waals surface area contributed by atoms with E-state index in [0.717, 1.165) is 0 Å². The van der Waals surface area contributed by atoms with Gasteiger partial charge in [0, 0.05) is 29.0 Å². The number of amides is 3. The third kappa shape index (κ3) is 6.26. The molecule has 0 unspecified atom stereocenters. The molecule has 2 heterocycles. The number of aryl methyl sites for hydroxylation is 1. The van der Waals surface area contributed by atoms with Crippen LogP contribution in [0.1, 0.15) is 42.4 Å². The number of fused-ring (bicyclic) bond motifs is 1. The molecule has 208 valence electrons. The smallest absolute Gasteiger partial charge is 0.322 e. The van der Waals surface area contributed by atoms with Gasteiger partial charge in [-0.1, -0.05) is 41.9 Å². The molecular formula is C26H22ClF6N3O3. The Hall–Kier alpha value is -3.41. The second kappa shape index (κ2) is 10.6. The van der Waals surface area contributed by atoms with Crippen LogP contribution >= 0.6 is 11.6 Å². The van der Waals surface area contributed by atoms with Gasteiger partial charge in [0.15, 0.2) is 0 Å². The summed E-state index contributed by atoms with van der Waals surface area (Å²) in [6.45, 7) is 1.70. The molecule has 6 nitrogen and oxygen atoms in total. The monoisotopic (exact) mass is 573 g/mol. The molecule has 13 heteroatoms. The van der Waals surface area contributed by atoms with Crippen molar-refractivity contribution in [2.45, 2.75) is 51.1 Å². The summed E-state index contributed by atoms with van der Waals surface area (Å²) < 4.78 is 77.9. The van der Waals surface area contributed by atoms with Crippen LogP contribution in [-0.4, -0.2) is 46.9 Å². The van der Waals surface area contributed by atoms with E-state index in [4.69, 9.17) is 11.6 Å². The molecule has 0 bridgehead atoms. The topological polar surface area (TPSA) is 78.8 Å². The predicted octanol–water partition coefficient (Wildman–Crippen LogP) is 6.05. The van der Waals surface area contributed by atoms with E-state index in [1.807, 2.05) is 0 Å². The molecule has 0 saturated carbocycles. The van der Waals surface area contributed by atoms with Gasteiger partial charge in [-0.3, -0.25) is 14.4 Å². The van der Waals surface area contributed by atoms with E-state index in [9.17, 15) is 40.7 Å². The lowest BCUT2D eigenvalue weighted by Crippen LogP contribution is -2.46. The Balaban J connectivity index is 1.80. The molecule has 1 saturated heterocycles. The highest BCUT2D eigenvalue weighted by Gasteiger charge is 2.53. The van der Waals surface area contributed by atoms with Crippen molar-refractivity contribution in [3.05, 3.63) is 64.2 Å². The maximum atomic E-state index is 13.3. The lowest BCUT2D eigenvalue weighted by atomic mass is 9.87. The number of nitrogens with zero attached hydrogens (tertiary/aromatic N) is 2. The molecule has 0 aliphatic carbocycles. The Kier molecular flexibility index (Phi) is 7.79. The summed E-state index contributed by atoms with van der Waals surface area (Å²) in [5.41, 5.74) is 1.93. The van der Waals surface area contributed by atoms with E-state index in [2.05, 4.69) is 10.3 Å². The largest absolute Gasteiger partial charge is 0.389 e. The quantitative estimate of drug-likeness (QED) is 0.338. The third-order valence-corrected chi connectivity index (χ3v) is 6.91. The third-order valence-electron chi connectivity index (χ3n) is 6.68. The standard InChI is InChI=1S/C26H22ClF6N3O3/c1-13-4-2-7-18-19(13)35-22(37)21(34-20(18)14-5-3-6-15(27)12-14)36-23(38)16(8-10-25(28,29)30)17(24(36)39)9-11-26(31,32)33/h2-7,12,16-17,21H,8-11H2,1H3,(H,35,37)/t16-,17+,21-/m0/s1. The maximum absolute atomic E-state index is 13.3. The average molecular weight is 574 g/mol. The molecule has 2 aliphatic rings. The summed E-state index contributed by atoms with van der Waals surface area (Å²) >= 11 is 6.14. The molecule has 4 rings (SSSR count). The molecule has 0 aromatic heterocycles. The Morgan fingerprint density at radius 1 is 0.897 bits per heavy atom. The SMILES string of the molecule is Cc1cccc2c1NC(=O)[C@H](N1C(=O)[C@@H](CCC(F)(F)F)[C@@H](CCC(F)(F)F)C1=O)N=C2c1cccc(Cl)c1. The number of anilines is 1. The minimum Gasteiger partial charge on any atom is -0.322 e. The number of aliphatic imine (C=N–C) groups is 1. The van der Waals surface area contributed by atoms with Crippen molar-refractivity contribution in [3.8, 4) is 0 Å². The first-order valence-electron chi connectivity index (χ1n) is 11.9. The van der Waals surface area contributed by atoms with Crippen molar-refractivity contribution in [2.24, 2.45) is 16.8 Å². The van der Waals surface area contributed by atoms with Gasteiger partial charge in [0.25, 0.3) is 5.91 Å². The zero-order chi connectivity index (χ0) is 28.7. The number of carbonyl (C=O) groups is 3. The van der Waals surface area contributed by atoms with Crippen molar-refractivity contribution < 1.29 is 40.7 Å². The number of benzene rings is 2. The predicted molar refractivity (Wildman–Crippen MR) is 130 cm³/mol. The molecule has 3 amide bonds. The molecular weight excluding hydrogens is 552 g/mol. The zero-order valence-electron chi connectivity index (χ0n) is 20.4. The molecule has 2 aliphatic heterocycles. The van der Waals surface area contributed by atoms with Crippen LogP contribution in [0.15, 0.2) is 47.5 Å². The Morgan fingerprint density at radius 2 is 1.46 bits per heavy atom. The van der Waals surface area contributed by atoms with E-state index in [1.54, 1.807) is 43.3 Å². The van der Waals surface area contributed by atoms with E-state index < -0.39 is 73.8 Å². The van der Waals surface area contributed by atoms with Crippen LogP contribution in [0.25, 0.3) is 0 Å². The first-order valence-corrected chi connectivity index (χ1v) is 12.3. The molecule has 1 N–H and O–H groups in total. The van der Waals surface area contributed by atoms with E-state index in [1.165, 1.54) is 6.07 Å². The van der Waals surface area contributed by atoms with Gasteiger partial charge in [0.1, 0.15) is 0 Å². The van der Waals surface area contributed by atoms with Gasteiger partial charge in [-0.15, -0.1) is 0 Å². The molecule has 2 aromatic carbocycles. The molecule has 1 fully saturated rings. The van der Waals surface area contributed by atoms with Crippen molar-refractivity contribution in [1.29, 1.82) is 0 Å². The average Bonchev–Trinajstić information content (AvgIpc) is 2.95. The molecule has 2 aromatic rings. The zero-order valence-corrected chi connectivity index (χ0v) is 21.1. The maximum Gasteiger partial charge on any atom is 0.389 e. The summed E-state index contributed by atoms with van der Waals surface area (Å²) in [6, 6.07) is 11.4. The van der Waals surface area contributed by atoms with Crippen molar-refractivity contribution >= 4 is 40.7 Å². The highest BCUT2D eigenvalue weighted by Crippen LogP contribution is 2.40.